The molecule has 0 aromatic rings. The summed E-state index contributed by atoms with van der Waals surface area (Å²) in [5.41, 5.74) is 7.77. The van der Waals surface area contributed by atoms with Crippen molar-refractivity contribution in [3.05, 3.63) is 0 Å². The van der Waals surface area contributed by atoms with Crippen LogP contribution in [-0.2, 0) is 28.7 Å². The molecule has 0 aliphatic carbocycles. The van der Waals surface area contributed by atoms with Crippen LogP contribution in [-0.4, -0.2) is 62.1 Å². The SMILES string of the molecule is CCCCCCCCCCCCCCCCOC(=O)CCC(NC(=O)CCCNC(=O)C([NH3+])CCCC[NH3+])C(=O)OCCCCCCCCCCCCCCCC. The first-order valence-electron chi connectivity index (χ1n) is 24.4. The number of esters is 2. The van der Waals surface area contributed by atoms with E-state index >= 15 is 0 Å². The van der Waals surface area contributed by atoms with Crippen LogP contribution in [0.25, 0.3) is 0 Å². The van der Waals surface area contributed by atoms with Gasteiger partial charge in [-0.25, -0.2) is 4.79 Å². The molecule has 0 radical (unpaired) electrons. The number of ether oxygens (including phenoxy) is 2. The molecule has 0 aliphatic rings. The number of carbonyl (C=O) groups is 4. The molecule has 0 rings (SSSR count). The Labute approximate surface area is 350 Å². The van der Waals surface area contributed by atoms with Gasteiger partial charge in [-0.05, 0) is 38.5 Å². The third-order valence-corrected chi connectivity index (χ3v) is 11.1. The molecule has 0 spiro atoms. The summed E-state index contributed by atoms with van der Waals surface area (Å²) in [7, 11) is 0. The van der Waals surface area contributed by atoms with Crippen molar-refractivity contribution in [1.82, 2.24) is 10.6 Å². The van der Waals surface area contributed by atoms with Gasteiger partial charge >= 0.3 is 11.9 Å². The van der Waals surface area contributed by atoms with Gasteiger partial charge < -0.3 is 31.6 Å². The van der Waals surface area contributed by atoms with E-state index < -0.39 is 12.0 Å². The lowest BCUT2D eigenvalue weighted by molar-refractivity contribution is -0.406. The first kappa shape index (κ1) is 54.8. The van der Waals surface area contributed by atoms with Gasteiger partial charge in [-0.1, -0.05) is 181 Å². The molecule has 2 atom stereocenters. The summed E-state index contributed by atoms with van der Waals surface area (Å²) in [6, 6.07) is -1.23. The Bertz CT molecular complexity index is 936. The second kappa shape index (κ2) is 43.4. The smallest absolute Gasteiger partial charge is 0.328 e. The zero-order valence-electron chi connectivity index (χ0n) is 37.6. The van der Waals surface area contributed by atoms with Crippen LogP contribution in [0.1, 0.15) is 239 Å². The van der Waals surface area contributed by atoms with Crippen LogP contribution in [0.15, 0.2) is 0 Å². The summed E-state index contributed by atoms with van der Waals surface area (Å²) in [5.74, 6) is -1.28. The average Bonchev–Trinajstić information content (AvgIpc) is 3.20. The number of carbonyl (C=O) groups excluding carboxylic acids is 4. The zero-order valence-corrected chi connectivity index (χ0v) is 37.6. The fourth-order valence-corrected chi connectivity index (χ4v) is 7.21. The maximum Gasteiger partial charge on any atom is 0.328 e. The van der Waals surface area contributed by atoms with E-state index in [1.54, 1.807) is 0 Å². The summed E-state index contributed by atoms with van der Waals surface area (Å²) in [6.07, 6.45) is 38.7. The maximum atomic E-state index is 13.1. The lowest BCUT2D eigenvalue weighted by Crippen LogP contribution is -2.67. The van der Waals surface area contributed by atoms with Crippen molar-refractivity contribution < 1.29 is 40.1 Å². The van der Waals surface area contributed by atoms with Gasteiger partial charge in [0.2, 0.25) is 5.91 Å². The molecule has 0 saturated heterocycles. The second-order valence-corrected chi connectivity index (χ2v) is 16.7. The summed E-state index contributed by atoms with van der Waals surface area (Å²) < 4.78 is 11.1. The van der Waals surface area contributed by atoms with Crippen molar-refractivity contribution in [2.75, 3.05) is 26.3 Å². The van der Waals surface area contributed by atoms with Gasteiger partial charge in [0.1, 0.15) is 6.04 Å². The summed E-state index contributed by atoms with van der Waals surface area (Å²) in [4.78, 5) is 50.8. The maximum absolute atomic E-state index is 13.1. The first-order valence-corrected chi connectivity index (χ1v) is 24.4. The molecule has 8 N–H and O–H groups in total. The van der Waals surface area contributed by atoms with Gasteiger partial charge in [-0.15, -0.1) is 0 Å². The number of hydrogen-bond acceptors (Lipinski definition) is 6. The van der Waals surface area contributed by atoms with E-state index in [1.165, 1.54) is 141 Å². The van der Waals surface area contributed by atoms with Crippen LogP contribution in [0.4, 0.5) is 0 Å². The lowest BCUT2D eigenvalue weighted by Gasteiger charge is -2.18. The molecule has 10 nitrogen and oxygen atoms in total. The normalized spacial score (nSPS) is 12.3. The molecule has 0 aromatic heterocycles. The minimum Gasteiger partial charge on any atom is -0.466 e. The van der Waals surface area contributed by atoms with Gasteiger partial charge in [-0.2, -0.15) is 0 Å². The van der Waals surface area contributed by atoms with Gasteiger partial charge in [0.15, 0.2) is 6.04 Å². The Hall–Kier alpha value is -2.20. The minimum atomic E-state index is -0.912. The quantitative estimate of drug-likeness (QED) is 0.0354. The van der Waals surface area contributed by atoms with Crippen LogP contribution in [0.5, 0.6) is 0 Å². The fourth-order valence-electron chi connectivity index (χ4n) is 7.21. The third kappa shape index (κ3) is 39.1. The summed E-state index contributed by atoms with van der Waals surface area (Å²) >= 11 is 0. The van der Waals surface area contributed by atoms with Crippen LogP contribution in [0.2, 0.25) is 0 Å². The average molecular weight is 811 g/mol. The number of nitrogens with one attached hydrogen (secondary N) is 2. The Balaban J connectivity index is 4.41. The molecule has 2 unspecified atom stereocenters. The van der Waals surface area contributed by atoms with Gasteiger partial charge in [0.05, 0.1) is 19.8 Å². The Morgan fingerprint density at radius 1 is 0.491 bits per heavy atom. The van der Waals surface area contributed by atoms with Crippen molar-refractivity contribution in [2.24, 2.45) is 0 Å². The molecular weight excluding hydrogens is 717 g/mol. The van der Waals surface area contributed by atoms with Gasteiger partial charge in [0.25, 0.3) is 5.91 Å². The van der Waals surface area contributed by atoms with E-state index in [4.69, 9.17) is 9.47 Å². The summed E-state index contributed by atoms with van der Waals surface area (Å²) in [5, 5.41) is 5.65. The zero-order chi connectivity index (χ0) is 41.9. The topological polar surface area (TPSA) is 166 Å². The van der Waals surface area contributed by atoms with E-state index in [1.807, 2.05) is 0 Å². The molecule has 0 aromatic carbocycles. The molecule has 0 heterocycles. The van der Waals surface area contributed by atoms with Gasteiger partial charge in [0, 0.05) is 25.8 Å². The standard InChI is InChI=1S/C47H92N4O6/c1-3-5-7-9-11-13-15-17-19-21-23-25-27-31-40-56-45(53)37-36-43(51-44(52)35-33-39-50-46(54)42(49)34-29-30-38-48)47(55)57-41-32-28-26-24-22-20-18-16-14-12-10-8-6-4-2/h42-43H,3-41,48-49H2,1-2H3,(H,50,54)(H,51,52)/p+2. The molecule has 0 fully saturated rings. The van der Waals surface area contributed by atoms with E-state index in [-0.39, 0.29) is 43.1 Å². The molecule has 10 heteroatoms. The highest BCUT2D eigenvalue weighted by atomic mass is 16.5. The van der Waals surface area contributed by atoms with Crippen molar-refractivity contribution in [2.45, 2.75) is 251 Å². The van der Waals surface area contributed by atoms with E-state index in [9.17, 15) is 19.2 Å². The van der Waals surface area contributed by atoms with Crippen LogP contribution in [0.3, 0.4) is 0 Å². The molecular formula is C47H94N4O6+2. The number of unbranched alkanes of at least 4 members (excludes halogenated alkanes) is 27. The molecule has 0 aliphatic heterocycles. The van der Waals surface area contributed by atoms with Crippen LogP contribution >= 0.6 is 0 Å². The lowest BCUT2D eigenvalue weighted by atomic mass is 10.0. The van der Waals surface area contributed by atoms with E-state index in [2.05, 4.69) is 35.9 Å². The highest BCUT2D eigenvalue weighted by Gasteiger charge is 2.24. The Morgan fingerprint density at radius 2 is 0.912 bits per heavy atom. The predicted octanol–water partition coefficient (Wildman–Crippen LogP) is 9.22. The number of hydrogen-bond donors (Lipinski definition) is 4. The minimum absolute atomic E-state index is 0.0343. The third-order valence-electron chi connectivity index (χ3n) is 11.1. The predicted molar refractivity (Wildman–Crippen MR) is 234 cm³/mol. The largest absolute Gasteiger partial charge is 0.466 e. The number of amides is 2. The second-order valence-electron chi connectivity index (χ2n) is 16.7. The number of quaternary nitrogens is 2. The monoisotopic (exact) mass is 811 g/mol. The van der Waals surface area contributed by atoms with Gasteiger partial charge in [-0.3, -0.25) is 14.4 Å². The molecule has 336 valence electrons. The summed E-state index contributed by atoms with van der Waals surface area (Å²) in [6.45, 7) is 6.41. The van der Waals surface area contributed by atoms with Crippen LogP contribution in [0, 0.1) is 0 Å². The highest BCUT2D eigenvalue weighted by molar-refractivity contribution is 5.85. The molecule has 57 heavy (non-hydrogen) atoms. The van der Waals surface area contributed by atoms with E-state index in [0.29, 0.717) is 32.6 Å². The van der Waals surface area contributed by atoms with Crippen molar-refractivity contribution in [3.63, 3.8) is 0 Å². The highest BCUT2D eigenvalue weighted by Crippen LogP contribution is 2.15. The Kier molecular flexibility index (Phi) is 41.7. The molecule has 2 amide bonds. The molecule has 0 saturated carbocycles. The van der Waals surface area contributed by atoms with E-state index in [0.717, 1.165) is 57.9 Å². The van der Waals surface area contributed by atoms with Crippen molar-refractivity contribution in [3.8, 4) is 0 Å². The molecule has 0 bridgehead atoms. The van der Waals surface area contributed by atoms with Crippen molar-refractivity contribution in [1.29, 1.82) is 0 Å². The Morgan fingerprint density at radius 3 is 1.35 bits per heavy atom. The van der Waals surface area contributed by atoms with Crippen molar-refractivity contribution >= 4 is 23.8 Å². The van der Waals surface area contributed by atoms with Crippen LogP contribution < -0.4 is 22.1 Å². The fraction of sp³-hybridized carbons (Fsp3) is 0.915. The first-order chi connectivity index (χ1) is 27.8. The number of rotatable bonds is 44.